The topological polar surface area (TPSA) is 135 Å². The van der Waals surface area contributed by atoms with Gasteiger partial charge < -0.3 is 9.84 Å². The Morgan fingerprint density at radius 2 is 2.14 bits per heavy atom. The highest BCUT2D eigenvalue weighted by Gasteiger charge is 2.17. The molecule has 1 aromatic rings. The maximum absolute atomic E-state index is 11.6. The van der Waals surface area contributed by atoms with E-state index in [0.29, 0.717) is 4.88 Å². The third kappa shape index (κ3) is 6.72. The molecule has 0 unspecified atom stereocenters. The van der Waals surface area contributed by atoms with E-state index in [1.54, 1.807) is 18.6 Å². The van der Waals surface area contributed by atoms with Crippen molar-refractivity contribution in [3.63, 3.8) is 0 Å². The average Bonchev–Trinajstić information content (AvgIpc) is 2.70. The van der Waals surface area contributed by atoms with Gasteiger partial charge in [-0.25, -0.2) is 24.0 Å². The number of rotatable bonds is 6. The molecule has 0 bridgehead atoms. The number of carbonyl (C=O) groups is 2. The van der Waals surface area contributed by atoms with E-state index in [0.717, 1.165) is 17.4 Å². The zero-order valence-electron chi connectivity index (χ0n) is 11.1. The van der Waals surface area contributed by atoms with Gasteiger partial charge in [-0.05, 0) is 19.9 Å². The number of hydrogen-bond donors (Lipinski definition) is 3. The normalized spacial score (nSPS) is 11.6. The van der Waals surface area contributed by atoms with Gasteiger partial charge in [0.05, 0.1) is 6.10 Å². The van der Waals surface area contributed by atoms with E-state index in [2.05, 4.69) is 9.72 Å². The molecule has 1 heterocycles. The highest BCUT2D eigenvalue weighted by Crippen LogP contribution is 2.20. The second kappa shape index (κ2) is 7.04. The number of aliphatic carboxylic acids is 1. The average molecular weight is 335 g/mol. The van der Waals surface area contributed by atoms with Gasteiger partial charge in [0.1, 0.15) is 0 Å². The van der Waals surface area contributed by atoms with E-state index in [9.17, 15) is 18.0 Å². The Morgan fingerprint density at radius 1 is 1.48 bits per heavy atom. The second-order valence-electron chi connectivity index (χ2n) is 3.90. The van der Waals surface area contributed by atoms with Crippen molar-refractivity contribution in [2.45, 2.75) is 20.0 Å². The molecule has 0 aliphatic heterocycles. The molecule has 21 heavy (non-hydrogen) atoms. The van der Waals surface area contributed by atoms with E-state index < -0.39 is 28.4 Å². The summed E-state index contributed by atoms with van der Waals surface area (Å²) in [4.78, 5) is 25.7. The lowest BCUT2D eigenvalue weighted by Gasteiger charge is -2.09. The molecule has 3 N–H and O–H groups in total. The molecule has 0 saturated heterocycles. The fraction of sp³-hybridized carbons (Fsp3) is 0.300. The highest BCUT2D eigenvalue weighted by atomic mass is 32.2. The SMILES string of the molecule is CC(C)OC(=O)NS(=O)(=O)Nc1ncc(/C=C/C(=O)O)s1. The van der Waals surface area contributed by atoms with E-state index in [1.807, 2.05) is 4.72 Å². The van der Waals surface area contributed by atoms with Gasteiger partial charge in [0.15, 0.2) is 5.13 Å². The van der Waals surface area contributed by atoms with Crippen LogP contribution in [0.1, 0.15) is 18.7 Å². The first kappa shape index (κ1) is 16.9. The van der Waals surface area contributed by atoms with Crippen molar-refractivity contribution >= 4 is 44.8 Å². The summed E-state index contributed by atoms with van der Waals surface area (Å²) in [5.74, 6) is -1.14. The molecule has 0 spiro atoms. The summed E-state index contributed by atoms with van der Waals surface area (Å²) in [5, 5.41) is 8.44. The largest absolute Gasteiger partial charge is 0.478 e. The fourth-order valence-corrected chi connectivity index (χ4v) is 2.72. The zero-order valence-corrected chi connectivity index (χ0v) is 12.7. The summed E-state index contributed by atoms with van der Waals surface area (Å²) in [6.07, 6.45) is 1.87. The molecule has 0 fully saturated rings. The number of aromatic nitrogens is 1. The molecule has 116 valence electrons. The van der Waals surface area contributed by atoms with Crippen molar-refractivity contribution < 1.29 is 27.9 Å². The van der Waals surface area contributed by atoms with E-state index in [1.165, 1.54) is 12.3 Å². The molecule has 0 radical (unpaired) electrons. The van der Waals surface area contributed by atoms with Gasteiger partial charge in [0, 0.05) is 17.2 Å². The summed E-state index contributed by atoms with van der Waals surface area (Å²) in [6.45, 7) is 3.14. The smallest absolute Gasteiger partial charge is 0.422 e. The predicted octanol–water partition coefficient (Wildman–Crippen LogP) is 1.03. The molecule has 1 rings (SSSR count). The molecule has 0 atom stereocenters. The summed E-state index contributed by atoms with van der Waals surface area (Å²) in [5.41, 5.74) is 0. The fourth-order valence-electron chi connectivity index (χ4n) is 1.05. The maximum Gasteiger partial charge on any atom is 0.422 e. The number of anilines is 1. The van der Waals surface area contributed by atoms with Crippen LogP contribution in [0.4, 0.5) is 9.93 Å². The van der Waals surface area contributed by atoms with Crippen LogP contribution in [-0.2, 0) is 19.7 Å². The summed E-state index contributed by atoms with van der Waals surface area (Å²) in [6, 6.07) is 0. The number of hydrogen-bond acceptors (Lipinski definition) is 7. The number of ether oxygens (including phenoxy) is 1. The first-order valence-corrected chi connectivity index (χ1v) is 7.86. The van der Waals surface area contributed by atoms with E-state index in [-0.39, 0.29) is 5.13 Å². The predicted molar refractivity (Wildman–Crippen MR) is 76.1 cm³/mol. The Bertz CT molecular complexity index is 650. The van der Waals surface area contributed by atoms with Gasteiger partial charge in [-0.3, -0.25) is 0 Å². The number of carboxylic acid groups (broad SMARTS) is 1. The van der Waals surface area contributed by atoms with Crippen LogP contribution < -0.4 is 9.44 Å². The molecule has 1 amide bonds. The van der Waals surface area contributed by atoms with Gasteiger partial charge in [0.25, 0.3) is 0 Å². The van der Waals surface area contributed by atoms with Crippen LogP contribution in [0.5, 0.6) is 0 Å². The van der Waals surface area contributed by atoms with Crippen LogP contribution in [0.25, 0.3) is 6.08 Å². The van der Waals surface area contributed by atoms with Crippen molar-refractivity contribution in [3.8, 4) is 0 Å². The highest BCUT2D eigenvalue weighted by molar-refractivity contribution is 7.91. The minimum atomic E-state index is -4.16. The number of nitrogens with zero attached hydrogens (tertiary/aromatic N) is 1. The van der Waals surface area contributed by atoms with E-state index >= 15 is 0 Å². The lowest BCUT2D eigenvalue weighted by molar-refractivity contribution is -0.131. The lowest BCUT2D eigenvalue weighted by atomic mass is 10.4. The Hall–Kier alpha value is -2.14. The summed E-state index contributed by atoms with van der Waals surface area (Å²) < 4.78 is 31.5. The van der Waals surface area contributed by atoms with Gasteiger partial charge in [-0.15, -0.1) is 0 Å². The van der Waals surface area contributed by atoms with Crippen LogP contribution in [0, 0.1) is 0 Å². The summed E-state index contributed by atoms with van der Waals surface area (Å²) in [7, 11) is -4.16. The monoisotopic (exact) mass is 335 g/mol. The minimum Gasteiger partial charge on any atom is -0.478 e. The first-order chi connectivity index (χ1) is 9.68. The molecule has 0 saturated carbocycles. The standard InChI is InChI=1S/C10H13N3O6S2/c1-6(2)19-10(16)13-21(17,18)12-9-11-5-7(20-9)3-4-8(14)15/h3-6H,1-2H3,(H,11,12)(H,13,16)(H,14,15)/b4-3+. The summed E-state index contributed by atoms with van der Waals surface area (Å²) >= 11 is 0.899. The second-order valence-corrected chi connectivity index (χ2v) is 6.38. The van der Waals surface area contributed by atoms with Crippen molar-refractivity contribution in [1.82, 2.24) is 9.71 Å². The van der Waals surface area contributed by atoms with Gasteiger partial charge in [-0.1, -0.05) is 11.3 Å². The number of carbonyl (C=O) groups excluding carboxylic acids is 1. The Balaban J connectivity index is 2.67. The first-order valence-electron chi connectivity index (χ1n) is 5.56. The van der Waals surface area contributed by atoms with Crippen molar-refractivity contribution in [1.29, 1.82) is 0 Å². The van der Waals surface area contributed by atoms with Crippen molar-refractivity contribution in [2.24, 2.45) is 0 Å². The Labute approximate surface area is 124 Å². The third-order valence-electron chi connectivity index (χ3n) is 1.70. The van der Waals surface area contributed by atoms with Gasteiger partial charge in [-0.2, -0.15) is 8.42 Å². The minimum absolute atomic E-state index is 0.0233. The van der Waals surface area contributed by atoms with Crippen LogP contribution in [0.2, 0.25) is 0 Å². The molecule has 1 aromatic heterocycles. The number of carboxylic acids is 1. The van der Waals surface area contributed by atoms with Crippen LogP contribution in [0.3, 0.4) is 0 Å². The van der Waals surface area contributed by atoms with Crippen molar-refractivity contribution in [3.05, 3.63) is 17.2 Å². The number of nitrogens with one attached hydrogen (secondary N) is 2. The quantitative estimate of drug-likeness (QED) is 0.661. The zero-order chi connectivity index (χ0) is 16.0. The van der Waals surface area contributed by atoms with Gasteiger partial charge >= 0.3 is 22.3 Å². The Morgan fingerprint density at radius 3 is 2.71 bits per heavy atom. The molecule has 11 heteroatoms. The molecule has 0 aromatic carbocycles. The van der Waals surface area contributed by atoms with Gasteiger partial charge in [0.2, 0.25) is 0 Å². The van der Waals surface area contributed by atoms with Crippen LogP contribution >= 0.6 is 11.3 Å². The molecular formula is C10H13N3O6S2. The number of thiazole rings is 1. The molecule has 0 aliphatic rings. The van der Waals surface area contributed by atoms with E-state index in [4.69, 9.17) is 5.11 Å². The number of amides is 1. The Kier molecular flexibility index (Phi) is 5.67. The molecule has 9 nitrogen and oxygen atoms in total. The van der Waals surface area contributed by atoms with Crippen molar-refractivity contribution in [2.75, 3.05) is 4.72 Å². The maximum atomic E-state index is 11.6. The third-order valence-corrected chi connectivity index (χ3v) is 3.60. The van der Waals surface area contributed by atoms with Crippen LogP contribution in [-0.4, -0.2) is 36.7 Å². The lowest BCUT2D eigenvalue weighted by Crippen LogP contribution is -2.36. The van der Waals surface area contributed by atoms with Crippen LogP contribution in [0.15, 0.2) is 12.3 Å². The molecular weight excluding hydrogens is 322 g/mol. The molecule has 0 aliphatic carbocycles.